The molecule has 0 saturated heterocycles. The Hall–Kier alpha value is -2.66. The Morgan fingerprint density at radius 3 is 2.16 bits per heavy atom. The number of carbonyl (C=O) groups is 2. The van der Waals surface area contributed by atoms with E-state index in [1.165, 1.54) is 0 Å². The second kappa shape index (κ2) is 7.94. The number of hydrogen-bond acceptors (Lipinski definition) is 4. The van der Waals surface area contributed by atoms with Crippen molar-refractivity contribution in [1.29, 1.82) is 0 Å². The highest BCUT2D eigenvalue weighted by atomic mass is 35.5. The Bertz CT molecular complexity index is 798. The summed E-state index contributed by atoms with van der Waals surface area (Å²) in [5.41, 5.74) is 8.42. The molecule has 1 aliphatic rings. The number of halogens is 1. The van der Waals surface area contributed by atoms with Crippen LogP contribution in [-0.4, -0.2) is 30.6 Å². The smallest absolute Gasteiger partial charge is 0.248 e. The first-order chi connectivity index (χ1) is 11.5. The van der Waals surface area contributed by atoms with E-state index in [1.807, 2.05) is 31.2 Å². The second-order valence-electron chi connectivity index (χ2n) is 5.94. The maximum absolute atomic E-state index is 12.5. The molecule has 0 spiro atoms. The molecule has 2 aromatic rings. The van der Waals surface area contributed by atoms with Crippen molar-refractivity contribution in [2.75, 3.05) is 13.1 Å². The van der Waals surface area contributed by atoms with Crippen LogP contribution < -0.4 is 11.1 Å². The van der Waals surface area contributed by atoms with Crippen molar-refractivity contribution < 1.29 is 9.59 Å². The van der Waals surface area contributed by atoms with Crippen LogP contribution in [0.1, 0.15) is 31.8 Å². The second-order valence-corrected chi connectivity index (χ2v) is 5.94. The third-order valence-electron chi connectivity index (χ3n) is 4.14. The van der Waals surface area contributed by atoms with Gasteiger partial charge in [0.2, 0.25) is 5.91 Å². The van der Waals surface area contributed by atoms with Crippen LogP contribution in [0.4, 0.5) is 0 Å². The first-order valence-corrected chi connectivity index (χ1v) is 7.84. The molecule has 1 heterocycles. The number of aryl methyl sites for hydroxylation is 1. The lowest BCUT2D eigenvalue weighted by Gasteiger charge is -2.22. The van der Waals surface area contributed by atoms with E-state index in [0.717, 1.165) is 22.5 Å². The first-order valence-electron chi connectivity index (χ1n) is 7.84. The number of hydrogen-bond donors (Lipinski definition) is 2. The lowest BCUT2D eigenvalue weighted by molar-refractivity contribution is 0.0923. The molecule has 6 heteroatoms. The SMILES string of the molecule is Cc1ccc(C(=O)C2CN=C(c3ccc(C(N)=O)cc3)NC2)cc1.Cl. The minimum atomic E-state index is -0.455. The van der Waals surface area contributed by atoms with Crippen LogP contribution in [-0.2, 0) is 0 Å². The summed E-state index contributed by atoms with van der Waals surface area (Å²) >= 11 is 0. The van der Waals surface area contributed by atoms with Crippen molar-refractivity contribution in [2.45, 2.75) is 6.92 Å². The van der Waals surface area contributed by atoms with Crippen LogP contribution in [0, 0.1) is 12.8 Å². The zero-order valence-corrected chi connectivity index (χ0v) is 14.7. The highest BCUT2D eigenvalue weighted by Gasteiger charge is 2.23. The molecular formula is C19H20ClN3O2. The number of carbonyl (C=O) groups excluding carboxylic acids is 2. The van der Waals surface area contributed by atoms with Crippen LogP contribution in [0.15, 0.2) is 53.5 Å². The van der Waals surface area contributed by atoms with Gasteiger partial charge in [-0.1, -0.05) is 42.0 Å². The molecule has 1 unspecified atom stereocenters. The van der Waals surface area contributed by atoms with Gasteiger partial charge in [-0.25, -0.2) is 0 Å². The lowest BCUT2D eigenvalue weighted by Crippen LogP contribution is -2.39. The van der Waals surface area contributed by atoms with Gasteiger partial charge in [0.15, 0.2) is 5.78 Å². The van der Waals surface area contributed by atoms with Gasteiger partial charge >= 0.3 is 0 Å². The van der Waals surface area contributed by atoms with Crippen molar-refractivity contribution in [2.24, 2.45) is 16.6 Å². The largest absolute Gasteiger partial charge is 0.369 e. The third kappa shape index (κ3) is 4.25. The summed E-state index contributed by atoms with van der Waals surface area (Å²) in [4.78, 5) is 28.1. The summed E-state index contributed by atoms with van der Waals surface area (Å²) in [6.07, 6.45) is 0. The van der Waals surface area contributed by atoms with Gasteiger partial charge in [-0.2, -0.15) is 0 Å². The molecule has 0 saturated carbocycles. The van der Waals surface area contributed by atoms with E-state index in [2.05, 4.69) is 10.3 Å². The van der Waals surface area contributed by atoms with Crippen LogP contribution >= 0.6 is 12.4 Å². The van der Waals surface area contributed by atoms with Gasteiger partial charge in [0, 0.05) is 23.2 Å². The summed E-state index contributed by atoms with van der Waals surface area (Å²) < 4.78 is 0. The summed E-state index contributed by atoms with van der Waals surface area (Å²) in [6, 6.07) is 14.6. The lowest BCUT2D eigenvalue weighted by atomic mass is 9.95. The molecule has 3 rings (SSSR count). The molecule has 0 aliphatic carbocycles. The standard InChI is InChI=1S/C19H19N3O2.ClH/c1-12-2-4-13(5-3-12)17(23)16-10-21-19(22-11-16)15-8-6-14(7-9-15)18(20)24;/h2-9,16H,10-11H2,1H3,(H2,20,24)(H,21,22);1H. The fraction of sp³-hybridized carbons (Fsp3) is 0.211. The van der Waals surface area contributed by atoms with E-state index in [9.17, 15) is 9.59 Å². The van der Waals surface area contributed by atoms with E-state index >= 15 is 0 Å². The van der Waals surface area contributed by atoms with Crippen molar-refractivity contribution in [3.05, 3.63) is 70.8 Å². The van der Waals surface area contributed by atoms with Gasteiger partial charge in [-0.15, -0.1) is 12.4 Å². The molecule has 1 amide bonds. The number of Topliss-reactive ketones (excluding diaryl/α,β-unsaturated/α-hetero) is 1. The van der Waals surface area contributed by atoms with Crippen molar-refractivity contribution >= 4 is 29.9 Å². The number of amidine groups is 1. The molecule has 1 atom stereocenters. The Kier molecular flexibility index (Phi) is 5.93. The normalized spacial score (nSPS) is 16.2. The number of nitrogens with zero attached hydrogens (tertiary/aromatic N) is 1. The molecule has 0 aromatic heterocycles. The Morgan fingerprint density at radius 2 is 1.64 bits per heavy atom. The van der Waals surface area contributed by atoms with Gasteiger partial charge in [-0.05, 0) is 19.1 Å². The molecule has 2 aromatic carbocycles. The zero-order valence-electron chi connectivity index (χ0n) is 13.9. The van der Waals surface area contributed by atoms with E-state index in [-0.39, 0.29) is 24.1 Å². The fourth-order valence-corrected chi connectivity index (χ4v) is 2.66. The molecule has 130 valence electrons. The first kappa shape index (κ1) is 18.7. The Balaban J connectivity index is 0.00000225. The highest BCUT2D eigenvalue weighted by Crippen LogP contribution is 2.14. The molecule has 0 radical (unpaired) electrons. The number of primary amides is 1. The third-order valence-corrected chi connectivity index (χ3v) is 4.14. The number of amides is 1. The topological polar surface area (TPSA) is 84.6 Å². The van der Waals surface area contributed by atoms with Gasteiger partial charge in [-0.3, -0.25) is 14.6 Å². The van der Waals surface area contributed by atoms with Gasteiger partial charge in [0.05, 0.1) is 12.5 Å². The Morgan fingerprint density at radius 1 is 1.04 bits per heavy atom. The molecule has 0 bridgehead atoms. The monoisotopic (exact) mass is 357 g/mol. The predicted octanol–water partition coefficient (Wildman–Crippen LogP) is 2.36. The maximum atomic E-state index is 12.5. The van der Waals surface area contributed by atoms with E-state index in [0.29, 0.717) is 18.7 Å². The number of ketones is 1. The van der Waals surface area contributed by atoms with E-state index < -0.39 is 5.91 Å². The number of nitrogens with one attached hydrogen (secondary N) is 1. The number of nitrogens with two attached hydrogens (primary N) is 1. The number of rotatable bonds is 4. The van der Waals surface area contributed by atoms with Gasteiger partial charge in [0.25, 0.3) is 0 Å². The zero-order chi connectivity index (χ0) is 17.1. The minimum Gasteiger partial charge on any atom is -0.369 e. The van der Waals surface area contributed by atoms with Crippen molar-refractivity contribution in [1.82, 2.24) is 5.32 Å². The van der Waals surface area contributed by atoms with Crippen LogP contribution in [0.3, 0.4) is 0 Å². The summed E-state index contributed by atoms with van der Waals surface area (Å²) in [7, 11) is 0. The van der Waals surface area contributed by atoms with Gasteiger partial charge < -0.3 is 11.1 Å². The van der Waals surface area contributed by atoms with Crippen LogP contribution in [0.25, 0.3) is 0 Å². The average Bonchev–Trinajstić information content (AvgIpc) is 2.62. The molecule has 3 N–H and O–H groups in total. The van der Waals surface area contributed by atoms with Crippen LogP contribution in [0.5, 0.6) is 0 Å². The van der Waals surface area contributed by atoms with Crippen molar-refractivity contribution in [3.8, 4) is 0 Å². The van der Waals surface area contributed by atoms with E-state index in [4.69, 9.17) is 5.73 Å². The van der Waals surface area contributed by atoms with Gasteiger partial charge in [0.1, 0.15) is 5.84 Å². The molecule has 0 fully saturated rings. The Labute approximate surface area is 152 Å². The number of benzene rings is 2. The van der Waals surface area contributed by atoms with Crippen molar-refractivity contribution in [3.63, 3.8) is 0 Å². The molecule has 1 aliphatic heterocycles. The molecule has 25 heavy (non-hydrogen) atoms. The predicted molar refractivity (Wildman–Crippen MR) is 101 cm³/mol. The fourth-order valence-electron chi connectivity index (χ4n) is 2.66. The van der Waals surface area contributed by atoms with E-state index in [1.54, 1.807) is 24.3 Å². The quantitative estimate of drug-likeness (QED) is 0.824. The minimum absolute atomic E-state index is 0. The molecular weight excluding hydrogens is 338 g/mol. The van der Waals surface area contributed by atoms with Crippen LogP contribution in [0.2, 0.25) is 0 Å². The highest BCUT2D eigenvalue weighted by molar-refractivity contribution is 6.03. The summed E-state index contributed by atoms with van der Waals surface area (Å²) in [6.45, 7) is 2.99. The summed E-state index contributed by atoms with van der Waals surface area (Å²) in [5.74, 6) is 0.221. The number of aliphatic imine (C=N–C) groups is 1. The summed E-state index contributed by atoms with van der Waals surface area (Å²) in [5, 5.41) is 3.21. The average molecular weight is 358 g/mol. The maximum Gasteiger partial charge on any atom is 0.248 e. The molecule has 5 nitrogen and oxygen atoms in total.